The third-order valence-electron chi connectivity index (χ3n) is 5.48. The fourth-order valence-electron chi connectivity index (χ4n) is 3.44. The van der Waals surface area contributed by atoms with Crippen LogP contribution in [0.1, 0.15) is 69.4 Å². The first-order valence-corrected chi connectivity index (χ1v) is 10.2. The third-order valence-corrected chi connectivity index (χ3v) is 5.48. The van der Waals surface area contributed by atoms with Gasteiger partial charge in [-0.3, -0.25) is 19.3 Å². The van der Waals surface area contributed by atoms with E-state index in [0.29, 0.717) is 12.1 Å². The summed E-state index contributed by atoms with van der Waals surface area (Å²) >= 11 is 0. The quantitative estimate of drug-likeness (QED) is 0.563. The van der Waals surface area contributed by atoms with E-state index in [9.17, 15) is 19.2 Å². The van der Waals surface area contributed by atoms with E-state index in [2.05, 4.69) is 5.32 Å². The van der Waals surface area contributed by atoms with Gasteiger partial charge in [-0.05, 0) is 63.9 Å². The highest BCUT2D eigenvalue weighted by atomic mass is 16.5. The van der Waals surface area contributed by atoms with Crippen molar-refractivity contribution in [1.82, 2.24) is 4.90 Å². The molecule has 7 heteroatoms. The maximum Gasteiger partial charge on any atom is 0.338 e. The molecule has 0 aromatic heterocycles. The topological polar surface area (TPSA) is 92.8 Å². The average Bonchev–Trinajstić information content (AvgIpc) is 2.99. The molecule has 3 rings (SSSR count). The summed E-state index contributed by atoms with van der Waals surface area (Å²) in [5.74, 6) is -2.00. The van der Waals surface area contributed by atoms with Gasteiger partial charge in [0.2, 0.25) is 0 Å². The number of carbonyl (C=O) groups excluding carboxylic acids is 4. The number of carbonyl (C=O) groups is 4. The first-order valence-electron chi connectivity index (χ1n) is 10.2. The van der Waals surface area contributed by atoms with E-state index >= 15 is 0 Å². The predicted octanol–water partition coefficient (Wildman–Crippen LogP) is 3.88. The molecule has 0 radical (unpaired) electrons. The van der Waals surface area contributed by atoms with Crippen molar-refractivity contribution in [2.45, 2.75) is 53.2 Å². The Bertz CT molecular complexity index is 1080. The first-order chi connectivity index (χ1) is 14.6. The van der Waals surface area contributed by atoms with Gasteiger partial charge in [0.15, 0.2) is 6.10 Å². The summed E-state index contributed by atoms with van der Waals surface area (Å²) in [5, 5.41) is 2.75. The highest BCUT2D eigenvalue weighted by Crippen LogP contribution is 2.27. The van der Waals surface area contributed by atoms with E-state index in [-0.39, 0.29) is 28.6 Å². The number of anilines is 1. The Morgan fingerprint density at radius 2 is 1.68 bits per heavy atom. The second kappa shape index (κ2) is 8.71. The second-order valence-electron chi connectivity index (χ2n) is 7.85. The van der Waals surface area contributed by atoms with Gasteiger partial charge in [0.05, 0.1) is 16.7 Å². The molecule has 0 fully saturated rings. The van der Waals surface area contributed by atoms with E-state index < -0.39 is 23.9 Å². The van der Waals surface area contributed by atoms with Gasteiger partial charge in [-0.15, -0.1) is 0 Å². The lowest BCUT2D eigenvalue weighted by molar-refractivity contribution is -0.123. The molecule has 0 spiro atoms. The van der Waals surface area contributed by atoms with Gasteiger partial charge in [-0.25, -0.2) is 4.79 Å². The highest BCUT2D eigenvalue weighted by molar-refractivity contribution is 6.22. The molecule has 0 saturated carbocycles. The molecule has 31 heavy (non-hydrogen) atoms. The number of nitrogens with one attached hydrogen (secondary N) is 1. The van der Waals surface area contributed by atoms with Crippen LogP contribution in [0.15, 0.2) is 36.4 Å². The van der Waals surface area contributed by atoms with Crippen molar-refractivity contribution in [2.75, 3.05) is 5.32 Å². The normalized spacial score (nSPS) is 14.8. The minimum Gasteiger partial charge on any atom is -0.449 e. The Morgan fingerprint density at radius 3 is 2.32 bits per heavy atom. The summed E-state index contributed by atoms with van der Waals surface area (Å²) in [5.41, 5.74) is 3.17. The summed E-state index contributed by atoms with van der Waals surface area (Å²) in [4.78, 5) is 51.4. The fourth-order valence-corrected chi connectivity index (χ4v) is 3.44. The second-order valence-corrected chi connectivity index (χ2v) is 7.85. The number of benzene rings is 2. The van der Waals surface area contributed by atoms with E-state index in [4.69, 9.17) is 4.74 Å². The molecule has 162 valence electrons. The van der Waals surface area contributed by atoms with Crippen LogP contribution in [0.4, 0.5) is 5.69 Å². The molecule has 7 nitrogen and oxygen atoms in total. The van der Waals surface area contributed by atoms with Gasteiger partial charge in [-0.1, -0.05) is 24.6 Å². The number of nitrogens with zero attached hydrogens (tertiary/aromatic N) is 1. The van der Waals surface area contributed by atoms with E-state index in [1.807, 2.05) is 32.9 Å². The van der Waals surface area contributed by atoms with Gasteiger partial charge < -0.3 is 10.1 Å². The Morgan fingerprint density at radius 1 is 1.00 bits per heavy atom. The Balaban J connectivity index is 1.71. The monoisotopic (exact) mass is 422 g/mol. The average molecular weight is 422 g/mol. The SMILES string of the molecule is CCC(C)N1C(=O)c2ccc(C(=O)OC(C)C(=O)Nc3ccc(C)cc3C)cc2C1=O. The number of amides is 3. The molecule has 3 amide bonds. The van der Waals surface area contributed by atoms with Crippen molar-refractivity contribution in [3.63, 3.8) is 0 Å². The van der Waals surface area contributed by atoms with Crippen LogP contribution in [0, 0.1) is 13.8 Å². The van der Waals surface area contributed by atoms with Crippen LogP contribution in [-0.2, 0) is 9.53 Å². The molecule has 1 N–H and O–H groups in total. The van der Waals surface area contributed by atoms with Crippen molar-refractivity contribution in [3.05, 3.63) is 64.2 Å². The lowest BCUT2D eigenvalue weighted by atomic mass is 10.1. The van der Waals surface area contributed by atoms with E-state index in [1.54, 1.807) is 13.0 Å². The zero-order chi connectivity index (χ0) is 22.9. The summed E-state index contributed by atoms with van der Waals surface area (Å²) in [7, 11) is 0. The summed E-state index contributed by atoms with van der Waals surface area (Å²) in [6.45, 7) is 9.00. The molecule has 2 unspecified atom stereocenters. The number of fused-ring (bicyclic) bond motifs is 1. The predicted molar refractivity (Wildman–Crippen MR) is 116 cm³/mol. The van der Waals surface area contributed by atoms with Crippen LogP contribution in [-0.4, -0.2) is 40.7 Å². The largest absolute Gasteiger partial charge is 0.449 e. The molecule has 2 atom stereocenters. The molecule has 0 saturated heterocycles. The zero-order valence-electron chi connectivity index (χ0n) is 18.3. The number of aryl methyl sites for hydroxylation is 2. The smallest absolute Gasteiger partial charge is 0.338 e. The van der Waals surface area contributed by atoms with Gasteiger partial charge in [0, 0.05) is 11.7 Å². The van der Waals surface area contributed by atoms with Crippen LogP contribution < -0.4 is 5.32 Å². The van der Waals surface area contributed by atoms with Crippen molar-refractivity contribution < 1.29 is 23.9 Å². The molecule has 2 aromatic rings. The maximum absolute atomic E-state index is 12.7. The Hall–Kier alpha value is -3.48. The van der Waals surface area contributed by atoms with E-state index in [0.717, 1.165) is 11.1 Å². The molecule has 0 aliphatic carbocycles. The van der Waals surface area contributed by atoms with Crippen molar-refractivity contribution in [2.24, 2.45) is 0 Å². The zero-order valence-corrected chi connectivity index (χ0v) is 18.3. The molecule has 1 aliphatic rings. The first kappa shape index (κ1) is 22.2. The van der Waals surface area contributed by atoms with Crippen molar-refractivity contribution >= 4 is 29.4 Å². The fraction of sp³-hybridized carbons (Fsp3) is 0.333. The molecular weight excluding hydrogens is 396 g/mol. The van der Waals surface area contributed by atoms with Crippen molar-refractivity contribution in [1.29, 1.82) is 0 Å². The molecule has 1 heterocycles. The number of imide groups is 1. The number of ether oxygens (including phenoxy) is 1. The van der Waals surface area contributed by atoms with Gasteiger partial charge in [0.1, 0.15) is 0 Å². The van der Waals surface area contributed by atoms with Crippen LogP contribution in [0.5, 0.6) is 0 Å². The minimum atomic E-state index is -1.05. The Labute approximate surface area is 181 Å². The summed E-state index contributed by atoms with van der Waals surface area (Å²) < 4.78 is 5.29. The third kappa shape index (κ3) is 4.35. The standard InChI is InChI=1S/C24H26N2O5/c1-6-15(4)26-22(28)18-9-8-17(12-19(18)23(26)29)24(30)31-16(5)21(27)25-20-10-7-13(2)11-14(20)3/h7-12,15-16H,6H2,1-5H3,(H,25,27). The lowest BCUT2D eigenvalue weighted by Crippen LogP contribution is -2.37. The summed E-state index contributed by atoms with van der Waals surface area (Å²) in [6, 6.07) is 9.62. The molecular formula is C24H26N2O5. The van der Waals surface area contributed by atoms with Crippen LogP contribution in [0.3, 0.4) is 0 Å². The molecule has 2 aromatic carbocycles. The van der Waals surface area contributed by atoms with Crippen LogP contribution in [0.25, 0.3) is 0 Å². The number of hydrogen-bond donors (Lipinski definition) is 1. The van der Waals surface area contributed by atoms with Crippen LogP contribution in [0.2, 0.25) is 0 Å². The summed E-state index contributed by atoms with van der Waals surface area (Å²) in [6.07, 6.45) is -0.414. The number of hydrogen-bond acceptors (Lipinski definition) is 5. The number of rotatable bonds is 6. The molecule has 1 aliphatic heterocycles. The van der Waals surface area contributed by atoms with Crippen LogP contribution >= 0.6 is 0 Å². The lowest BCUT2D eigenvalue weighted by Gasteiger charge is -2.20. The number of esters is 1. The van der Waals surface area contributed by atoms with Crippen molar-refractivity contribution in [3.8, 4) is 0 Å². The molecule has 0 bridgehead atoms. The maximum atomic E-state index is 12.7. The van der Waals surface area contributed by atoms with Gasteiger partial charge >= 0.3 is 5.97 Å². The van der Waals surface area contributed by atoms with E-state index in [1.165, 1.54) is 30.0 Å². The Kier molecular flexibility index (Phi) is 6.24. The minimum absolute atomic E-state index is 0.108. The van der Waals surface area contributed by atoms with Gasteiger partial charge in [-0.2, -0.15) is 0 Å². The van der Waals surface area contributed by atoms with Gasteiger partial charge in [0.25, 0.3) is 17.7 Å². The highest BCUT2D eigenvalue weighted by Gasteiger charge is 2.38.